The Kier molecular flexibility index (Phi) is 4.25. The molecular formula is C14H16Cl2N2O2. The van der Waals surface area contributed by atoms with Crippen molar-refractivity contribution in [3.63, 3.8) is 0 Å². The van der Waals surface area contributed by atoms with E-state index in [1.807, 2.05) is 6.92 Å². The monoisotopic (exact) mass is 314 g/mol. The van der Waals surface area contributed by atoms with Gasteiger partial charge in [0, 0.05) is 17.2 Å². The van der Waals surface area contributed by atoms with Crippen molar-refractivity contribution in [2.24, 2.45) is 5.10 Å². The molecular weight excluding hydrogens is 299 g/mol. The Labute approximate surface area is 128 Å². The van der Waals surface area contributed by atoms with Gasteiger partial charge in [-0.15, -0.1) is 0 Å². The van der Waals surface area contributed by atoms with Gasteiger partial charge in [0.15, 0.2) is 5.54 Å². The first kappa shape index (κ1) is 15.1. The minimum atomic E-state index is -0.877. The summed E-state index contributed by atoms with van der Waals surface area (Å²) in [5.74, 6) is -0.313. The van der Waals surface area contributed by atoms with Crippen LogP contribution in [0.1, 0.15) is 27.2 Å². The molecule has 108 valence electrons. The number of hydrogen-bond acceptors (Lipinski definition) is 4. The zero-order chi connectivity index (χ0) is 14.9. The molecule has 0 radical (unpaired) electrons. The number of benzene rings is 1. The number of anilines is 1. The van der Waals surface area contributed by atoms with Crippen LogP contribution in [0.4, 0.5) is 5.69 Å². The Morgan fingerprint density at radius 1 is 1.50 bits per heavy atom. The van der Waals surface area contributed by atoms with Crippen LogP contribution in [-0.2, 0) is 9.53 Å². The van der Waals surface area contributed by atoms with E-state index in [9.17, 15) is 4.79 Å². The zero-order valence-corrected chi connectivity index (χ0v) is 13.1. The maximum atomic E-state index is 12.3. The number of ether oxygens (including phenoxy) is 1. The van der Waals surface area contributed by atoms with Gasteiger partial charge in [-0.05, 0) is 39.0 Å². The van der Waals surface area contributed by atoms with Crippen LogP contribution in [0.15, 0.2) is 23.3 Å². The predicted molar refractivity (Wildman–Crippen MR) is 81.7 cm³/mol. The standard InChI is InChI=1S/C14H16Cl2N2O2/c1-4-20-13(19)14(3)8-9(2)17-18(14)12-6-5-10(15)7-11(12)16/h5-7H,4,8H2,1-3H3. The normalized spacial score (nSPS) is 21.9. The van der Waals surface area contributed by atoms with Crippen LogP contribution in [0.3, 0.4) is 0 Å². The van der Waals surface area contributed by atoms with Crippen molar-refractivity contribution >= 4 is 40.6 Å². The summed E-state index contributed by atoms with van der Waals surface area (Å²) in [5, 5.41) is 7.04. The van der Waals surface area contributed by atoms with Crippen LogP contribution in [0, 0.1) is 0 Å². The molecule has 1 heterocycles. The van der Waals surface area contributed by atoms with E-state index < -0.39 is 5.54 Å². The molecule has 1 atom stereocenters. The lowest BCUT2D eigenvalue weighted by molar-refractivity contribution is -0.148. The average Bonchev–Trinajstić information content (AvgIpc) is 2.66. The summed E-state index contributed by atoms with van der Waals surface area (Å²) in [7, 11) is 0. The molecule has 0 saturated heterocycles. The second-order valence-corrected chi connectivity index (χ2v) is 5.76. The van der Waals surface area contributed by atoms with E-state index in [4.69, 9.17) is 27.9 Å². The number of nitrogens with zero attached hydrogens (tertiary/aromatic N) is 2. The van der Waals surface area contributed by atoms with Crippen LogP contribution in [0.5, 0.6) is 0 Å². The van der Waals surface area contributed by atoms with Crippen LogP contribution in [0.2, 0.25) is 10.0 Å². The van der Waals surface area contributed by atoms with Gasteiger partial charge in [-0.1, -0.05) is 23.2 Å². The number of hydrogen-bond donors (Lipinski definition) is 0. The topological polar surface area (TPSA) is 41.9 Å². The third-order valence-corrected chi connectivity index (χ3v) is 3.73. The van der Waals surface area contributed by atoms with Crippen molar-refractivity contribution < 1.29 is 9.53 Å². The fourth-order valence-electron chi connectivity index (χ4n) is 2.31. The van der Waals surface area contributed by atoms with E-state index >= 15 is 0 Å². The maximum Gasteiger partial charge on any atom is 0.334 e. The molecule has 0 N–H and O–H groups in total. The van der Waals surface area contributed by atoms with Gasteiger partial charge in [-0.25, -0.2) is 9.80 Å². The molecule has 0 bridgehead atoms. The molecule has 20 heavy (non-hydrogen) atoms. The van der Waals surface area contributed by atoms with Crippen LogP contribution >= 0.6 is 23.2 Å². The lowest BCUT2D eigenvalue weighted by Crippen LogP contribution is -2.48. The van der Waals surface area contributed by atoms with Gasteiger partial charge in [-0.3, -0.25) is 0 Å². The zero-order valence-electron chi connectivity index (χ0n) is 11.6. The number of carbonyl (C=O) groups excluding carboxylic acids is 1. The Morgan fingerprint density at radius 2 is 2.20 bits per heavy atom. The SMILES string of the molecule is CCOC(=O)C1(C)CC(C)=NN1c1ccc(Cl)cc1Cl. The molecule has 0 aliphatic carbocycles. The average molecular weight is 315 g/mol. The summed E-state index contributed by atoms with van der Waals surface area (Å²) in [6.07, 6.45) is 0.505. The van der Waals surface area contributed by atoms with Gasteiger partial charge in [-0.2, -0.15) is 5.10 Å². The molecule has 0 aromatic heterocycles. The highest BCUT2D eigenvalue weighted by atomic mass is 35.5. The predicted octanol–water partition coefficient (Wildman–Crippen LogP) is 3.90. The lowest BCUT2D eigenvalue weighted by Gasteiger charge is -2.32. The van der Waals surface area contributed by atoms with Crippen molar-refractivity contribution in [2.45, 2.75) is 32.7 Å². The number of esters is 1. The Hall–Kier alpha value is -1.26. The molecule has 1 unspecified atom stereocenters. The molecule has 0 amide bonds. The lowest BCUT2D eigenvalue weighted by atomic mass is 9.95. The Bertz CT molecular complexity index is 574. The highest BCUT2D eigenvalue weighted by Gasteiger charge is 2.46. The summed E-state index contributed by atoms with van der Waals surface area (Å²) in [6, 6.07) is 5.11. The van der Waals surface area contributed by atoms with Crippen molar-refractivity contribution in [1.29, 1.82) is 0 Å². The van der Waals surface area contributed by atoms with E-state index in [1.165, 1.54) is 0 Å². The van der Waals surface area contributed by atoms with Gasteiger partial charge in [0.25, 0.3) is 0 Å². The molecule has 0 fully saturated rings. The van der Waals surface area contributed by atoms with Crippen molar-refractivity contribution in [3.05, 3.63) is 28.2 Å². The third kappa shape index (κ3) is 2.63. The van der Waals surface area contributed by atoms with Gasteiger partial charge in [0.05, 0.1) is 17.3 Å². The number of rotatable bonds is 3. The van der Waals surface area contributed by atoms with Crippen molar-refractivity contribution in [3.8, 4) is 0 Å². The summed E-state index contributed by atoms with van der Waals surface area (Å²) in [6.45, 7) is 5.79. The van der Waals surface area contributed by atoms with Gasteiger partial charge in [0.2, 0.25) is 0 Å². The van der Waals surface area contributed by atoms with Gasteiger partial charge >= 0.3 is 5.97 Å². The quantitative estimate of drug-likeness (QED) is 0.794. The Morgan fingerprint density at radius 3 is 2.80 bits per heavy atom. The molecule has 1 aliphatic heterocycles. The molecule has 1 aromatic carbocycles. The minimum absolute atomic E-state index is 0.313. The largest absolute Gasteiger partial charge is 0.464 e. The summed E-state index contributed by atoms with van der Waals surface area (Å²) in [5.41, 5.74) is 0.618. The molecule has 0 saturated carbocycles. The fourth-order valence-corrected chi connectivity index (χ4v) is 2.80. The molecule has 1 aromatic rings. The maximum absolute atomic E-state index is 12.3. The van der Waals surface area contributed by atoms with Crippen LogP contribution < -0.4 is 5.01 Å². The number of halogens is 2. The first-order valence-electron chi connectivity index (χ1n) is 6.35. The first-order chi connectivity index (χ1) is 9.38. The second kappa shape index (κ2) is 5.62. The van der Waals surface area contributed by atoms with E-state index in [0.717, 1.165) is 5.71 Å². The molecule has 0 spiro atoms. The highest BCUT2D eigenvalue weighted by molar-refractivity contribution is 6.36. The van der Waals surface area contributed by atoms with E-state index in [-0.39, 0.29) is 5.97 Å². The third-order valence-electron chi connectivity index (χ3n) is 3.19. The second-order valence-electron chi connectivity index (χ2n) is 4.91. The van der Waals surface area contributed by atoms with E-state index in [1.54, 1.807) is 37.1 Å². The minimum Gasteiger partial charge on any atom is -0.464 e. The molecule has 4 nitrogen and oxygen atoms in total. The van der Waals surface area contributed by atoms with E-state index in [0.29, 0.717) is 28.8 Å². The number of carbonyl (C=O) groups is 1. The van der Waals surface area contributed by atoms with E-state index in [2.05, 4.69) is 5.10 Å². The fraction of sp³-hybridized carbons (Fsp3) is 0.429. The molecule has 1 aliphatic rings. The first-order valence-corrected chi connectivity index (χ1v) is 7.10. The summed E-state index contributed by atoms with van der Waals surface area (Å²) < 4.78 is 5.17. The van der Waals surface area contributed by atoms with Crippen LogP contribution in [-0.4, -0.2) is 23.8 Å². The summed E-state index contributed by atoms with van der Waals surface area (Å²) in [4.78, 5) is 12.3. The van der Waals surface area contributed by atoms with Crippen LogP contribution in [0.25, 0.3) is 0 Å². The summed E-state index contributed by atoms with van der Waals surface area (Å²) >= 11 is 12.1. The smallest absolute Gasteiger partial charge is 0.334 e. The number of hydrazone groups is 1. The van der Waals surface area contributed by atoms with Crippen molar-refractivity contribution in [2.75, 3.05) is 11.6 Å². The van der Waals surface area contributed by atoms with Crippen molar-refractivity contribution in [1.82, 2.24) is 0 Å². The molecule has 6 heteroatoms. The van der Waals surface area contributed by atoms with Gasteiger partial charge in [0.1, 0.15) is 0 Å². The molecule has 2 rings (SSSR count). The highest BCUT2D eigenvalue weighted by Crippen LogP contribution is 2.38. The van der Waals surface area contributed by atoms with Gasteiger partial charge < -0.3 is 4.74 Å². The Balaban J connectivity index is 2.43.